The van der Waals surface area contributed by atoms with Gasteiger partial charge in [-0.25, -0.2) is 9.78 Å². The zero-order chi connectivity index (χ0) is 17.8. The SMILES string of the molecule is Cc1ccccc1C(=O)OCC(=O)N(C)Cc1nc2ccccc2s1. The summed E-state index contributed by atoms with van der Waals surface area (Å²) in [5, 5.41) is 0.849. The van der Waals surface area contributed by atoms with Gasteiger partial charge in [-0.2, -0.15) is 0 Å². The van der Waals surface area contributed by atoms with Gasteiger partial charge in [0.25, 0.3) is 5.91 Å². The van der Waals surface area contributed by atoms with Crippen molar-refractivity contribution in [3.63, 3.8) is 0 Å². The van der Waals surface area contributed by atoms with E-state index >= 15 is 0 Å². The Morgan fingerprint density at radius 1 is 1.12 bits per heavy atom. The molecular formula is C19H18N2O3S. The second-order valence-electron chi connectivity index (χ2n) is 5.72. The number of aromatic nitrogens is 1. The van der Waals surface area contributed by atoms with Crippen molar-refractivity contribution in [1.82, 2.24) is 9.88 Å². The van der Waals surface area contributed by atoms with Gasteiger partial charge in [0.15, 0.2) is 6.61 Å². The standard InChI is InChI=1S/C19H18N2O3S/c1-13-7-3-4-8-14(13)19(23)24-12-18(22)21(2)11-17-20-15-9-5-6-10-16(15)25-17/h3-10H,11-12H2,1-2H3. The maximum atomic E-state index is 12.2. The van der Waals surface area contributed by atoms with Gasteiger partial charge in [-0.15, -0.1) is 11.3 Å². The monoisotopic (exact) mass is 354 g/mol. The third-order valence-corrected chi connectivity index (χ3v) is 4.85. The van der Waals surface area contributed by atoms with Crippen LogP contribution in [0.5, 0.6) is 0 Å². The molecule has 5 nitrogen and oxygen atoms in total. The van der Waals surface area contributed by atoms with Crippen LogP contribution in [-0.4, -0.2) is 35.4 Å². The molecule has 0 saturated carbocycles. The normalized spacial score (nSPS) is 10.6. The highest BCUT2D eigenvalue weighted by Gasteiger charge is 2.16. The van der Waals surface area contributed by atoms with Crippen LogP contribution in [0.15, 0.2) is 48.5 Å². The fourth-order valence-electron chi connectivity index (χ4n) is 2.40. The molecular weight excluding hydrogens is 336 g/mol. The van der Waals surface area contributed by atoms with Crippen LogP contribution >= 0.6 is 11.3 Å². The summed E-state index contributed by atoms with van der Waals surface area (Å²) in [5.74, 6) is -0.749. The number of esters is 1. The van der Waals surface area contributed by atoms with Crippen LogP contribution in [0.3, 0.4) is 0 Å². The van der Waals surface area contributed by atoms with Gasteiger partial charge in [0, 0.05) is 7.05 Å². The Bertz CT molecular complexity index is 887. The lowest BCUT2D eigenvalue weighted by Crippen LogP contribution is -2.30. The highest BCUT2D eigenvalue weighted by molar-refractivity contribution is 7.18. The Labute approximate surface area is 149 Å². The van der Waals surface area contributed by atoms with Crippen molar-refractivity contribution >= 4 is 33.4 Å². The molecule has 0 aliphatic rings. The van der Waals surface area contributed by atoms with E-state index < -0.39 is 5.97 Å². The molecule has 0 fully saturated rings. The maximum Gasteiger partial charge on any atom is 0.338 e. The zero-order valence-electron chi connectivity index (χ0n) is 14.1. The number of likely N-dealkylation sites (N-methyl/N-ethyl adjacent to an activating group) is 1. The van der Waals surface area contributed by atoms with Crippen molar-refractivity contribution in [2.75, 3.05) is 13.7 Å². The Morgan fingerprint density at radius 2 is 1.84 bits per heavy atom. The lowest BCUT2D eigenvalue weighted by molar-refractivity contribution is -0.133. The van der Waals surface area contributed by atoms with Crippen molar-refractivity contribution in [3.8, 4) is 0 Å². The van der Waals surface area contributed by atoms with E-state index in [0.29, 0.717) is 12.1 Å². The highest BCUT2D eigenvalue weighted by atomic mass is 32.1. The molecule has 6 heteroatoms. The van der Waals surface area contributed by atoms with Gasteiger partial charge < -0.3 is 9.64 Å². The molecule has 3 aromatic rings. The first-order chi connectivity index (χ1) is 12.0. The smallest absolute Gasteiger partial charge is 0.338 e. The summed E-state index contributed by atoms with van der Waals surface area (Å²) in [7, 11) is 1.68. The Morgan fingerprint density at radius 3 is 2.60 bits per heavy atom. The van der Waals surface area contributed by atoms with E-state index in [4.69, 9.17) is 4.74 Å². The second kappa shape index (κ2) is 7.44. The first-order valence-electron chi connectivity index (χ1n) is 7.86. The molecule has 1 amide bonds. The van der Waals surface area contributed by atoms with Crippen molar-refractivity contribution < 1.29 is 14.3 Å². The first-order valence-corrected chi connectivity index (χ1v) is 8.67. The summed E-state index contributed by atoms with van der Waals surface area (Å²) in [6, 6.07) is 15.0. The van der Waals surface area contributed by atoms with Crippen LogP contribution in [-0.2, 0) is 16.1 Å². The molecule has 0 N–H and O–H groups in total. The quantitative estimate of drug-likeness (QED) is 0.659. The van der Waals surface area contributed by atoms with Gasteiger partial charge >= 0.3 is 5.97 Å². The van der Waals surface area contributed by atoms with Crippen LogP contribution in [0, 0.1) is 6.92 Å². The number of rotatable bonds is 5. The molecule has 0 unspecified atom stereocenters. The number of hydrogen-bond donors (Lipinski definition) is 0. The molecule has 1 heterocycles. The Hall–Kier alpha value is -2.73. The van der Waals surface area contributed by atoms with Crippen molar-refractivity contribution in [3.05, 3.63) is 64.7 Å². The van der Waals surface area contributed by atoms with Gasteiger partial charge in [0.1, 0.15) is 5.01 Å². The topological polar surface area (TPSA) is 59.5 Å². The van der Waals surface area contributed by atoms with Gasteiger partial charge in [-0.3, -0.25) is 4.79 Å². The van der Waals surface area contributed by atoms with Gasteiger partial charge in [-0.05, 0) is 30.7 Å². The van der Waals surface area contributed by atoms with Crippen LogP contribution in [0.2, 0.25) is 0 Å². The number of benzene rings is 2. The van der Waals surface area contributed by atoms with Crippen LogP contribution in [0.4, 0.5) is 0 Å². The van der Waals surface area contributed by atoms with Crippen LogP contribution in [0.25, 0.3) is 10.2 Å². The average molecular weight is 354 g/mol. The molecule has 0 spiro atoms. The molecule has 0 atom stereocenters. The lowest BCUT2D eigenvalue weighted by Gasteiger charge is -2.15. The fourth-order valence-corrected chi connectivity index (χ4v) is 3.42. The number of carbonyl (C=O) groups excluding carboxylic acids is 2. The van der Waals surface area contributed by atoms with Crippen LogP contribution in [0.1, 0.15) is 20.9 Å². The number of amides is 1. The minimum absolute atomic E-state index is 0.263. The second-order valence-corrected chi connectivity index (χ2v) is 6.83. The van der Waals surface area contributed by atoms with Gasteiger partial charge in [-0.1, -0.05) is 30.3 Å². The Balaban J connectivity index is 1.57. The van der Waals surface area contributed by atoms with Crippen molar-refractivity contribution in [2.24, 2.45) is 0 Å². The predicted molar refractivity (Wildman–Crippen MR) is 97.6 cm³/mol. The number of thiazole rings is 1. The molecule has 0 bridgehead atoms. The molecule has 0 radical (unpaired) electrons. The van der Waals surface area contributed by atoms with Gasteiger partial charge in [0.05, 0.1) is 22.3 Å². The van der Waals surface area contributed by atoms with Crippen molar-refractivity contribution in [2.45, 2.75) is 13.5 Å². The number of nitrogens with zero attached hydrogens (tertiary/aromatic N) is 2. The molecule has 2 aromatic carbocycles. The molecule has 3 rings (SSSR count). The molecule has 0 aliphatic carbocycles. The minimum atomic E-state index is -0.486. The fraction of sp³-hybridized carbons (Fsp3) is 0.211. The van der Waals surface area contributed by atoms with Crippen molar-refractivity contribution in [1.29, 1.82) is 0 Å². The number of hydrogen-bond acceptors (Lipinski definition) is 5. The third-order valence-electron chi connectivity index (χ3n) is 3.83. The number of carbonyl (C=O) groups is 2. The van der Waals surface area contributed by atoms with E-state index in [-0.39, 0.29) is 12.5 Å². The summed E-state index contributed by atoms with van der Waals surface area (Å²) in [5.41, 5.74) is 2.22. The van der Waals surface area contributed by atoms with E-state index in [2.05, 4.69) is 4.98 Å². The third kappa shape index (κ3) is 4.03. The van der Waals surface area contributed by atoms with E-state index in [0.717, 1.165) is 20.8 Å². The summed E-state index contributed by atoms with van der Waals surface area (Å²) in [6.07, 6.45) is 0. The van der Waals surface area contributed by atoms with E-state index in [9.17, 15) is 9.59 Å². The largest absolute Gasteiger partial charge is 0.452 e. The van der Waals surface area contributed by atoms with E-state index in [1.54, 1.807) is 30.5 Å². The van der Waals surface area contributed by atoms with Crippen LogP contribution < -0.4 is 0 Å². The molecule has 0 aliphatic heterocycles. The number of ether oxygens (including phenoxy) is 1. The first kappa shape index (κ1) is 17.1. The zero-order valence-corrected chi connectivity index (χ0v) is 14.9. The highest BCUT2D eigenvalue weighted by Crippen LogP contribution is 2.22. The molecule has 128 valence electrons. The molecule has 25 heavy (non-hydrogen) atoms. The predicted octanol–water partition coefficient (Wildman–Crippen LogP) is 3.42. The summed E-state index contributed by atoms with van der Waals surface area (Å²) < 4.78 is 6.23. The minimum Gasteiger partial charge on any atom is -0.452 e. The lowest BCUT2D eigenvalue weighted by atomic mass is 10.1. The van der Waals surface area contributed by atoms with Gasteiger partial charge in [0.2, 0.25) is 0 Å². The Kier molecular flexibility index (Phi) is 5.09. The van der Waals surface area contributed by atoms with E-state index in [1.807, 2.05) is 43.3 Å². The number of aryl methyl sites for hydroxylation is 1. The average Bonchev–Trinajstić information content (AvgIpc) is 3.01. The molecule has 0 saturated heterocycles. The summed E-state index contributed by atoms with van der Waals surface area (Å²) in [4.78, 5) is 30.3. The summed E-state index contributed by atoms with van der Waals surface area (Å²) >= 11 is 1.55. The number of fused-ring (bicyclic) bond motifs is 1. The summed E-state index contributed by atoms with van der Waals surface area (Å²) in [6.45, 7) is 1.94. The number of para-hydroxylation sites is 1. The van der Waals surface area contributed by atoms with E-state index in [1.165, 1.54) is 4.90 Å². The maximum absolute atomic E-state index is 12.2. The molecule has 1 aromatic heterocycles.